The molecular weight excluding hydrogens is 294 g/mol. The zero-order chi connectivity index (χ0) is 14.8. The molecule has 6 heteroatoms. The second kappa shape index (κ2) is 6.14. The van der Waals surface area contributed by atoms with Crippen molar-refractivity contribution in [2.24, 2.45) is 0 Å². The maximum Gasteiger partial charge on any atom is 0.137 e. The van der Waals surface area contributed by atoms with Crippen LogP contribution in [0.3, 0.4) is 0 Å². The van der Waals surface area contributed by atoms with Crippen LogP contribution in [-0.2, 0) is 13.1 Å². The SMILES string of the molecule is c1ccc2sc(CN3CCCC[C@@H]3Cn3cncn3)nc2c1. The van der Waals surface area contributed by atoms with E-state index < -0.39 is 0 Å². The lowest BCUT2D eigenvalue weighted by Gasteiger charge is -2.34. The van der Waals surface area contributed by atoms with Gasteiger partial charge >= 0.3 is 0 Å². The fourth-order valence-electron chi connectivity index (χ4n) is 3.18. The molecular formula is C16H19N5S. The molecule has 1 aliphatic rings. The lowest BCUT2D eigenvalue weighted by Crippen LogP contribution is -2.41. The third-order valence-corrected chi connectivity index (χ3v) is 5.31. The zero-order valence-electron chi connectivity index (χ0n) is 12.4. The average Bonchev–Trinajstić information content (AvgIpc) is 3.18. The van der Waals surface area contributed by atoms with Crippen LogP contribution in [0.15, 0.2) is 36.9 Å². The molecule has 0 saturated carbocycles. The Balaban J connectivity index is 1.51. The Morgan fingerprint density at radius 3 is 3.05 bits per heavy atom. The third-order valence-electron chi connectivity index (χ3n) is 4.29. The molecule has 1 fully saturated rings. The van der Waals surface area contributed by atoms with Gasteiger partial charge in [-0.05, 0) is 31.5 Å². The monoisotopic (exact) mass is 313 g/mol. The molecule has 0 amide bonds. The third kappa shape index (κ3) is 2.89. The molecule has 0 bridgehead atoms. The standard InChI is InChI=1S/C16H19N5S/c1-2-7-15-14(6-1)19-16(22-15)10-20-8-4-3-5-13(20)9-21-12-17-11-18-21/h1-2,6-7,11-13H,3-5,8-10H2/t13-/m1/s1. The van der Waals surface area contributed by atoms with Gasteiger partial charge in [0.15, 0.2) is 0 Å². The number of piperidine rings is 1. The van der Waals surface area contributed by atoms with Gasteiger partial charge in [0.25, 0.3) is 0 Å². The van der Waals surface area contributed by atoms with E-state index in [1.54, 1.807) is 6.33 Å². The highest BCUT2D eigenvalue weighted by Gasteiger charge is 2.24. The predicted molar refractivity (Wildman–Crippen MR) is 87.7 cm³/mol. The first-order valence-corrected chi connectivity index (χ1v) is 8.61. The summed E-state index contributed by atoms with van der Waals surface area (Å²) in [5.41, 5.74) is 1.12. The largest absolute Gasteiger partial charge is 0.292 e. The maximum absolute atomic E-state index is 4.78. The molecule has 1 saturated heterocycles. The Hall–Kier alpha value is -1.79. The lowest BCUT2D eigenvalue weighted by atomic mass is 10.0. The van der Waals surface area contributed by atoms with E-state index >= 15 is 0 Å². The molecule has 5 nitrogen and oxygen atoms in total. The summed E-state index contributed by atoms with van der Waals surface area (Å²) in [6.45, 7) is 3.01. The van der Waals surface area contributed by atoms with Crippen molar-refractivity contribution in [2.45, 2.75) is 38.4 Å². The van der Waals surface area contributed by atoms with Crippen molar-refractivity contribution in [3.05, 3.63) is 41.9 Å². The number of para-hydroxylation sites is 1. The fourth-order valence-corrected chi connectivity index (χ4v) is 4.17. The average molecular weight is 313 g/mol. The van der Waals surface area contributed by atoms with E-state index in [9.17, 15) is 0 Å². The number of thiazole rings is 1. The predicted octanol–water partition coefficient (Wildman–Crippen LogP) is 2.94. The molecule has 0 N–H and O–H groups in total. The first-order valence-electron chi connectivity index (χ1n) is 7.79. The molecule has 0 unspecified atom stereocenters. The van der Waals surface area contributed by atoms with Gasteiger partial charge in [-0.15, -0.1) is 11.3 Å². The highest BCUT2D eigenvalue weighted by molar-refractivity contribution is 7.18. The molecule has 1 aliphatic heterocycles. The minimum absolute atomic E-state index is 0.530. The number of aromatic nitrogens is 4. The molecule has 3 heterocycles. The van der Waals surface area contributed by atoms with E-state index in [0.29, 0.717) is 6.04 Å². The summed E-state index contributed by atoms with van der Waals surface area (Å²) in [6.07, 6.45) is 7.23. The molecule has 2 aromatic heterocycles. The van der Waals surface area contributed by atoms with Crippen molar-refractivity contribution in [2.75, 3.05) is 6.54 Å². The van der Waals surface area contributed by atoms with Gasteiger partial charge in [0.2, 0.25) is 0 Å². The summed E-state index contributed by atoms with van der Waals surface area (Å²) in [4.78, 5) is 11.4. The minimum atomic E-state index is 0.530. The van der Waals surface area contributed by atoms with E-state index in [0.717, 1.165) is 25.2 Å². The fraction of sp³-hybridized carbons (Fsp3) is 0.438. The van der Waals surface area contributed by atoms with Gasteiger partial charge in [-0.25, -0.2) is 9.97 Å². The van der Waals surface area contributed by atoms with Crippen LogP contribution < -0.4 is 0 Å². The molecule has 1 aromatic carbocycles. The molecule has 1 atom stereocenters. The number of hydrogen-bond donors (Lipinski definition) is 0. The number of fused-ring (bicyclic) bond motifs is 1. The van der Waals surface area contributed by atoms with E-state index in [2.05, 4.69) is 39.2 Å². The van der Waals surface area contributed by atoms with Gasteiger partial charge in [0.1, 0.15) is 17.7 Å². The van der Waals surface area contributed by atoms with E-state index in [4.69, 9.17) is 4.98 Å². The molecule has 0 radical (unpaired) electrons. The smallest absolute Gasteiger partial charge is 0.137 e. The van der Waals surface area contributed by atoms with Crippen molar-refractivity contribution in [1.82, 2.24) is 24.6 Å². The summed E-state index contributed by atoms with van der Waals surface area (Å²) in [7, 11) is 0. The maximum atomic E-state index is 4.78. The van der Waals surface area contributed by atoms with Gasteiger partial charge in [0, 0.05) is 6.04 Å². The quantitative estimate of drug-likeness (QED) is 0.743. The van der Waals surface area contributed by atoms with Crippen LogP contribution in [-0.4, -0.2) is 37.2 Å². The van der Waals surface area contributed by atoms with Crippen LogP contribution in [0.4, 0.5) is 0 Å². The van der Waals surface area contributed by atoms with Crippen molar-refractivity contribution in [3.8, 4) is 0 Å². The van der Waals surface area contributed by atoms with Crippen molar-refractivity contribution in [1.29, 1.82) is 0 Å². The second-order valence-electron chi connectivity index (χ2n) is 5.81. The number of likely N-dealkylation sites (tertiary alicyclic amines) is 1. The Morgan fingerprint density at radius 2 is 2.18 bits per heavy atom. The van der Waals surface area contributed by atoms with Crippen LogP contribution in [0.1, 0.15) is 24.3 Å². The van der Waals surface area contributed by atoms with Gasteiger partial charge in [-0.2, -0.15) is 5.10 Å². The first-order chi connectivity index (χ1) is 10.9. The summed E-state index contributed by atoms with van der Waals surface area (Å²) < 4.78 is 3.23. The second-order valence-corrected chi connectivity index (χ2v) is 6.93. The lowest BCUT2D eigenvalue weighted by molar-refractivity contribution is 0.122. The summed E-state index contributed by atoms with van der Waals surface area (Å²) >= 11 is 1.81. The van der Waals surface area contributed by atoms with Gasteiger partial charge < -0.3 is 0 Å². The number of hydrogen-bond acceptors (Lipinski definition) is 5. The van der Waals surface area contributed by atoms with Crippen LogP contribution in [0, 0.1) is 0 Å². The van der Waals surface area contributed by atoms with E-state index in [1.807, 2.05) is 22.3 Å². The van der Waals surface area contributed by atoms with Gasteiger partial charge in [0.05, 0.1) is 23.3 Å². The molecule has 3 aromatic rings. The summed E-state index contributed by atoms with van der Waals surface area (Å²) in [5, 5.41) is 5.47. The van der Waals surface area contributed by atoms with Crippen LogP contribution in [0.2, 0.25) is 0 Å². The first kappa shape index (κ1) is 13.8. The van der Waals surface area contributed by atoms with Gasteiger partial charge in [-0.3, -0.25) is 9.58 Å². The summed E-state index contributed by atoms with van der Waals surface area (Å²) in [5.74, 6) is 0. The highest BCUT2D eigenvalue weighted by Crippen LogP contribution is 2.26. The Morgan fingerprint density at radius 1 is 1.23 bits per heavy atom. The van der Waals surface area contributed by atoms with Crippen LogP contribution >= 0.6 is 11.3 Å². The molecule has 114 valence electrons. The van der Waals surface area contributed by atoms with Crippen LogP contribution in [0.25, 0.3) is 10.2 Å². The highest BCUT2D eigenvalue weighted by atomic mass is 32.1. The van der Waals surface area contributed by atoms with E-state index in [-0.39, 0.29) is 0 Å². The van der Waals surface area contributed by atoms with Gasteiger partial charge in [-0.1, -0.05) is 18.6 Å². The normalized spacial score (nSPS) is 19.7. The van der Waals surface area contributed by atoms with Crippen molar-refractivity contribution >= 4 is 21.6 Å². The summed E-state index contributed by atoms with van der Waals surface area (Å²) in [6, 6.07) is 8.92. The molecule has 22 heavy (non-hydrogen) atoms. The number of benzene rings is 1. The Bertz CT molecular complexity index is 703. The topological polar surface area (TPSA) is 46.8 Å². The minimum Gasteiger partial charge on any atom is -0.292 e. The molecule has 0 spiro atoms. The number of nitrogens with zero attached hydrogens (tertiary/aromatic N) is 5. The molecule has 4 rings (SSSR count). The van der Waals surface area contributed by atoms with Crippen molar-refractivity contribution < 1.29 is 0 Å². The van der Waals surface area contributed by atoms with Crippen LogP contribution in [0.5, 0.6) is 0 Å². The number of rotatable bonds is 4. The Kier molecular flexibility index (Phi) is 3.86. The Labute approximate surface area is 133 Å². The zero-order valence-corrected chi connectivity index (χ0v) is 13.2. The van der Waals surface area contributed by atoms with E-state index in [1.165, 1.54) is 29.0 Å². The van der Waals surface area contributed by atoms with Crippen molar-refractivity contribution in [3.63, 3.8) is 0 Å². The molecule has 0 aliphatic carbocycles.